The average molecular weight is 566 g/mol. The highest BCUT2D eigenvalue weighted by Crippen LogP contribution is 2.36. The summed E-state index contributed by atoms with van der Waals surface area (Å²) in [7, 11) is -5.82. The van der Waals surface area contributed by atoms with Crippen molar-refractivity contribution in [3.8, 4) is 0 Å². The molecule has 0 spiro atoms. The third-order valence-electron chi connectivity index (χ3n) is 7.86. The molecule has 3 aromatic carbocycles. The monoisotopic (exact) mass is 565 g/mol. The first-order valence-electron chi connectivity index (χ1n) is 13.2. The van der Waals surface area contributed by atoms with E-state index in [0.717, 1.165) is 59.0 Å². The van der Waals surface area contributed by atoms with Crippen LogP contribution in [0.1, 0.15) is 53.1 Å². The second-order valence-electron chi connectivity index (χ2n) is 10.4. The van der Waals surface area contributed by atoms with Crippen molar-refractivity contribution in [3.05, 3.63) is 94.7 Å². The molecule has 1 aliphatic heterocycles. The molecule has 39 heavy (non-hydrogen) atoms. The van der Waals surface area contributed by atoms with Gasteiger partial charge in [0.15, 0.2) is 0 Å². The fourth-order valence-corrected chi connectivity index (χ4v) is 7.86. The zero-order valence-corrected chi connectivity index (χ0v) is 24.4. The van der Waals surface area contributed by atoms with Gasteiger partial charge < -0.3 is 0 Å². The molecule has 0 amide bonds. The van der Waals surface area contributed by atoms with E-state index in [-0.39, 0.29) is 15.8 Å². The number of hydrogen-bond acceptors (Lipinski definition) is 5. The molecule has 0 aliphatic carbocycles. The Hall–Kier alpha value is -2.98. The van der Waals surface area contributed by atoms with Crippen molar-refractivity contribution in [2.24, 2.45) is 0 Å². The molecule has 0 bridgehead atoms. The Balaban J connectivity index is 1.52. The number of fused-ring (bicyclic) bond motifs is 1. The Kier molecular flexibility index (Phi) is 7.45. The summed E-state index contributed by atoms with van der Waals surface area (Å²) in [5, 5.41) is 0.947. The first kappa shape index (κ1) is 27.6. The standard InChI is InChI=1S/C30H35N3O4S2/c1-21-8-12-26(13-9-21)39(36,37)33-18-16-27-28(22(2)19-23(3)30(27)33)20-32-17-6-5-7-29(32)24-10-14-25(15-11-24)38(34,35)31-4/h8-16,18-19,29,31H,5-7,17,20H2,1-4H3. The summed E-state index contributed by atoms with van der Waals surface area (Å²) in [5.74, 6) is 0. The third kappa shape index (κ3) is 5.16. The van der Waals surface area contributed by atoms with Crippen molar-refractivity contribution in [3.63, 3.8) is 0 Å². The predicted molar refractivity (Wildman–Crippen MR) is 155 cm³/mol. The maximum Gasteiger partial charge on any atom is 0.268 e. The Morgan fingerprint density at radius 2 is 1.51 bits per heavy atom. The van der Waals surface area contributed by atoms with Crippen LogP contribution >= 0.6 is 0 Å². The number of benzene rings is 3. The van der Waals surface area contributed by atoms with Crippen molar-refractivity contribution >= 4 is 30.9 Å². The van der Waals surface area contributed by atoms with E-state index in [4.69, 9.17) is 0 Å². The van der Waals surface area contributed by atoms with Gasteiger partial charge in [-0.1, -0.05) is 42.3 Å². The summed E-state index contributed by atoms with van der Waals surface area (Å²) in [6, 6.07) is 18.3. The maximum atomic E-state index is 13.6. The van der Waals surface area contributed by atoms with E-state index in [1.165, 1.54) is 11.0 Å². The lowest BCUT2D eigenvalue weighted by Crippen LogP contribution is -2.33. The van der Waals surface area contributed by atoms with E-state index in [1.807, 2.05) is 44.2 Å². The number of hydrogen-bond donors (Lipinski definition) is 1. The van der Waals surface area contributed by atoms with Gasteiger partial charge in [-0.2, -0.15) is 0 Å². The highest BCUT2D eigenvalue weighted by molar-refractivity contribution is 7.90. The van der Waals surface area contributed by atoms with Crippen molar-refractivity contribution in [2.75, 3.05) is 13.6 Å². The van der Waals surface area contributed by atoms with E-state index >= 15 is 0 Å². The SMILES string of the molecule is CNS(=O)(=O)c1ccc(C2CCCCN2Cc2c(C)cc(C)c3c2ccn3S(=O)(=O)c2ccc(C)cc2)cc1. The van der Waals surface area contributed by atoms with Crippen LogP contribution in [0.2, 0.25) is 0 Å². The van der Waals surface area contributed by atoms with Crippen molar-refractivity contribution in [1.29, 1.82) is 0 Å². The number of piperidine rings is 1. The molecule has 1 atom stereocenters. The number of aryl methyl sites for hydroxylation is 3. The lowest BCUT2D eigenvalue weighted by atomic mass is 9.93. The van der Waals surface area contributed by atoms with Gasteiger partial charge in [-0.05, 0) is 99.8 Å². The van der Waals surface area contributed by atoms with Gasteiger partial charge in [-0.25, -0.2) is 25.5 Å². The molecule has 1 saturated heterocycles. The van der Waals surface area contributed by atoms with Crippen molar-refractivity contribution < 1.29 is 16.8 Å². The third-order valence-corrected chi connectivity index (χ3v) is 11.0. The molecule has 2 heterocycles. The predicted octanol–water partition coefficient (Wildman–Crippen LogP) is 5.44. The number of nitrogens with zero attached hydrogens (tertiary/aromatic N) is 2. The zero-order chi connectivity index (χ0) is 27.9. The van der Waals surface area contributed by atoms with Crippen molar-refractivity contribution in [1.82, 2.24) is 13.6 Å². The fourth-order valence-electron chi connectivity index (χ4n) is 5.72. The van der Waals surface area contributed by atoms with Crippen LogP contribution in [-0.2, 0) is 26.6 Å². The van der Waals surface area contributed by atoms with Gasteiger partial charge in [0, 0.05) is 24.2 Å². The van der Waals surface area contributed by atoms with E-state index < -0.39 is 20.0 Å². The van der Waals surface area contributed by atoms with Gasteiger partial charge in [0.1, 0.15) is 0 Å². The average Bonchev–Trinajstić information content (AvgIpc) is 3.38. The zero-order valence-electron chi connectivity index (χ0n) is 22.8. The Labute approximate surface area is 231 Å². The highest BCUT2D eigenvalue weighted by Gasteiger charge is 2.27. The molecule has 1 aromatic heterocycles. The van der Waals surface area contributed by atoms with Crippen LogP contribution in [0.3, 0.4) is 0 Å². The van der Waals surface area contributed by atoms with Gasteiger partial charge in [0.05, 0.1) is 15.3 Å². The van der Waals surface area contributed by atoms with Gasteiger partial charge in [0.2, 0.25) is 10.0 Å². The largest absolute Gasteiger partial charge is 0.292 e. The van der Waals surface area contributed by atoms with E-state index in [1.54, 1.807) is 30.5 Å². The van der Waals surface area contributed by atoms with Gasteiger partial charge in [-0.3, -0.25) is 4.90 Å². The highest BCUT2D eigenvalue weighted by atomic mass is 32.2. The minimum Gasteiger partial charge on any atom is -0.292 e. The number of sulfonamides is 1. The molecule has 1 fully saturated rings. The Bertz CT molecular complexity index is 1720. The van der Waals surface area contributed by atoms with E-state index in [2.05, 4.69) is 22.6 Å². The van der Waals surface area contributed by atoms with Crippen LogP contribution in [0, 0.1) is 20.8 Å². The van der Waals surface area contributed by atoms with Gasteiger partial charge in [0.25, 0.3) is 10.0 Å². The van der Waals surface area contributed by atoms with E-state index in [9.17, 15) is 16.8 Å². The van der Waals surface area contributed by atoms with Crippen LogP contribution in [0.25, 0.3) is 10.9 Å². The van der Waals surface area contributed by atoms with Crippen LogP contribution in [-0.4, -0.2) is 39.3 Å². The summed E-state index contributed by atoms with van der Waals surface area (Å²) in [5.41, 5.74) is 5.98. The topological polar surface area (TPSA) is 88.5 Å². The van der Waals surface area contributed by atoms with Crippen LogP contribution < -0.4 is 4.72 Å². The number of aromatic nitrogens is 1. The number of likely N-dealkylation sites (tertiary alicyclic amines) is 1. The molecular weight excluding hydrogens is 530 g/mol. The smallest absolute Gasteiger partial charge is 0.268 e. The Morgan fingerprint density at radius 1 is 0.846 bits per heavy atom. The van der Waals surface area contributed by atoms with Gasteiger partial charge >= 0.3 is 0 Å². The number of rotatable bonds is 7. The summed E-state index contributed by atoms with van der Waals surface area (Å²) >= 11 is 0. The molecule has 9 heteroatoms. The molecule has 0 radical (unpaired) electrons. The minimum absolute atomic E-state index is 0.152. The Morgan fingerprint density at radius 3 is 2.18 bits per heavy atom. The molecular formula is C30H35N3O4S2. The summed E-state index contributed by atoms with van der Waals surface area (Å²) in [4.78, 5) is 2.96. The van der Waals surface area contributed by atoms with Crippen molar-refractivity contribution in [2.45, 2.75) is 62.4 Å². The minimum atomic E-state index is -3.75. The lowest BCUT2D eigenvalue weighted by molar-refractivity contribution is 0.140. The van der Waals surface area contributed by atoms with Crippen LogP contribution in [0.4, 0.5) is 0 Å². The lowest BCUT2D eigenvalue weighted by Gasteiger charge is -2.36. The molecule has 7 nitrogen and oxygen atoms in total. The molecule has 5 rings (SSSR count). The van der Waals surface area contributed by atoms with E-state index in [0.29, 0.717) is 12.1 Å². The first-order chi connectivity index (χ1) is 18.5. The molecule has 1 unspecified atom stereocenters. The normalized spacial score (nSPS) is 17.1. The summed E-state index contributed by atoms with van der Waals surface area (Å²) in [6.07, 6.45) is 4.84. The second kappa shape index (κ2) is 10.5. The van der Waals surface area contributed by atoms with Gasteiger partial charge in [-0.15, -0.1) is 0 Å². The summed E-state index contributed by atoms with van der Waals surface area (Å²) in [6.45, 7) is 7.58. The molecule has 4 aromatic rings. The summed E-state index contributed by atoms with van der Waals surface area (Å²) < 4.78 is 55.4. The quantitative estimate of drug-likeness (QED) is 0.322. The second-order valence-corrected chi connectivity index (χ2v) is 14.1. The first-order valence-corrected chi connectivity index (χ1v) is 16.1. The van der Waals surface area contributed by atoms with Crippen LogP contribution in [0.5, 0.6) is 0 Å². The molecule has 0 saturated carbocycles. The fraction of sp³-hybridized carbons (Fsp3) is 0.333. The van der Waals surface area contributed by atoms with Crippen LogP contribution in [0.15, 0.2) is 76.7 Å². The maximum absolute atomic E-state index is 13.6. The number of nitrogens with one attached hydrogen (secondary N) is 1. The molecule has 1 aliphatic rings. The molecule has 206 valence electrons. The molecule has 1 N–H and O–H groups in total.